The van der Waals surface area contributed by atoms with Crippen LogP contribution < -0.4 is 10.2 Å². The van der Waals surface area contributed by atoms with Crippen LogP contribution in [-0.2, 0) is 20.7 Å². The highest BCUT2D eigenvalue weighted by atomic mass is 19.1. The summed E-state index contributed by atoms with van der Waals surface area (Å²) in [6.45, 7) is 2.04. The van der Waals surface area contributed by atoms with Gasteiger partial charge in [0.2, 0.25) is 17.8 Å². The molecule has 1 saturated carbocycles. The smallest absolute Gasteiger partial charge is 0.340 e. The van der Waals surface area contributed by atoms with E-state index in [2.05, 4.69) is 15.3 Å². The fourth-order valence-corrected chi connectivity index (χ4v) is 3.73. The number of ether oxygens (including phenoxy) is 1. The maximum Gasteiger partial charge on any atom is 0.340 e. The number of halogens is 1. The molecule has 9 heteroatoms. The zero-order chi connectivity index (χ0) is 24.9. The molecule has 1 N–H and O–H groups in total. The highest BCUT2D eigenvalue weighted by molar-refractivity contribution is 6.03. The van der Waals surface area contributed by atoms with Crippen molar-refractivity contribution in [2.24, 2.45) is 5.92 Å². The molecule has 0 aliphatic heterocycles. The van der Waals surface area contributed by atoms with Gasteiger partial charge in [-0.15, -0.1) is 0 Å². The lowest BCUT2D eigenvalue weighted by atomic mass is 10.0. The Morgan fingerprint density at radius 3 is 2.57 bits per heavy atom. The van der Waals surface area contributed by atoms with E-state index in [0.717, 1.165) is 12.8 Å². The van der Waals surface area contributed by atoms with Crippen LogP contribution in [0.2, 0.25) is 0 Å². The van der Waals surface area contributed by atoms with E-state index in [0.29, 0.717) is 35.1 Å². The summed E-state index contributed by atoms with van der Waals surface area (Å²) in [7, 11) is 1.30. The van der Waals surface area contributed by atoms with Gasteiger partial charge >= 0.3 is 5.97 Å². The number of benzene rings is 1. The molecule has 4 rings (SSSR count). The lowest BCUT2D eigenvalue weighted by molar-refractivity contribution is -0.117. The first-order chi connectivity index (χ1) is 16.9. The van der Waals surface area contributed by atoms with Crippen molar-refractivity contribution in [1.82, 2.24) is 9.97 Å². The largest absolute Gasteiger partial charge is 0.465 e. The SMILES string of the molecule is COC(=O)c1cc(-c2ccc(NC(=O)Cc3cccnc3F)cn2)ccc1N(CC1CC1)C(C)=O. The monoisotopic (exact) mass is 476 g/mol. The maximum absolute atomic E-state index is 13.7. The molecule has 0 bridgehead atoms. The van der Waals surface area contributed by atoms with Gasteiger partial charge in [-0.25, -0.2) is 9.78 Å². The Morgan fingerprint density at radius 1 is 1.14 bits per heavy atom. The van der Waals surface area contributed by atoms with Crippen molar-refractivity contribution in [2.75, 3.05) is 23.9 Å². The molecule has 3 aromatic rings. The van der Waals surface area contributed by atoms with Crippen LogP contribution in [0.5, 0.6) is 0 Å². The van der Waals surface area contributed by atoms with Crippen molar-refractivity contribution in [3.63, 3.8) is 0 Å². The molecule has 1 aliphatic rings. The van der Waals surface area contributed by atoms with Gasteiger partial charge < -0.3 is 15.0 Å². The first kappa shape index (κ1) is 24.0. The summed E-state index contributed by atoms with van der Waals surface area (Å²) >= 11 is 0. The number of carbonyl (C=O) groups excluding carboxylic acids is 3. The Hall–Kier alpha value is -4.14. The molecule has 180 valence electrons. The molecule has 2 aromatic heterocycles. The molecule has 35 heavy (non-hydrogen) atoms. The second kappa shape index (κ2) is 10.4. The zero-order valence-corrected chi connectivity index (χ0v) is 19.5. The lowest BCUT2D eigenvalue weighted by Gasteiger charge is -2.23. The van der Waals surface area contributed by atoms with E-state index in [-0.39, 0.29) is 23.5 Å². The number of carbonyl (C=O) groups is 3. The van der Waals surface area contributed by atoms with Crippen LogP contribution in [-0.4, -0.2) is 41.4 Å². The summed E-state index contributed by atoms with van der Waals surface area (Å²) in [5, 5.41) is 2.68. The summed E-state index contributed by atoms with van der Waals surface area (Å²) in [6.07, 6.45) is 4.79. The third kappa shape index (κ3) is 5.87. The molecule has 0 unspecified atom stereocenters. The van der Waals surface area contributed by atoms with Crippen LogP contribution in [0, 0.1) is 11.9 Å². The quantitative estimate of drug-likeness (QED) is 0.389. The molecule has 0 radical (unpaired) electrons. The van der Waals surface area contributed by atoms with E-state index in [1.807, 2.05) is 0 Å². The Morgan fingerprint density at radius 2 is 1.94 bits per heavy atom. The summed E-state index contributed by atoms with van der Waals surface area (Å²) in [6, 6.07) is 11.6. The van der Waals surface area contributed by atoms with Gasteiger partial charge in [-0.2, -0.15) is 4.39 Å². The number of esters is 1. The Bertz CT molecular complexity index is 1260. The van der Waals surface area contributed by atoms with Gasteiger partial charge in [0.25, 0.3) is 0 Å². The van der Waals surface area contributed by atoms with Gasteiger partial charge in [0.15, 0.2) is 0 Å². The average molecular weight is 477 g/mol. The van der Waals surface area contributed by atoms with E-state index < -0.39 is 17.8 Å². The van der Waals surface area contributed by atoms with Crippen LogP contribution in [0.4, 0.5) is 15.8 Å². The number of nitrogens with one attached hydrogen (secondary N) is 1. The topological polar surface area (TPSA) is 101 Å². The fraction of sp³-hybridized carbons (Fsp3) is 0.269. The van der Waals surface area contributed by atoms with Gasteiger partial charge in [0.05, 0.1) is 42.4 Å². The Labute approximate surface area is 202 Å². The molecular formula is C26H25FN4O4. The lowest BCUT2D eigenvalue weighted by Crippen LogP contribution is -2.32. The number of nitrogens with zero attached hydrogens (tertiary/aromatic N) is 3. The van der Waals surface area contributed by atoms with Crippen LogP contribution >= 0.6 is 0 Å². The van der Waals surface area contributed by atoms with Crippen molar-refractivity contribution in [2.45, 2.75) is 26.2 Å². The van der Waals surface area contributed by atoms with Crippen LogP contribution in [0.25, 0.3) is 11.3 Å². The minimum Gasteiger partial charge on any atom is -0.465 e. The average Bonchev–Trinajstić information content (AvgIpc) is 3.68. The van der Waals surface area contributed by atoms with Crippen molar-refractivity contribution in [3.05, 3.63) is 71.9 Å². The molecule has 1 aliphatic carbocycles. The number of aromatic nitrogens is 2. The second-order valence-corrected chi connectivity index (χ2v) is 8.41. The number of hydrogen-bond donors (Lipinski definition) is 1. The molecular weight excluding hydrogens is 451 g/mol. The molecule has 1 aromatic carbocycles. The summed E-state index contributed by atoms with van der Waals surface area (Å²) in [4.78, 5) is 46.6. The predicted octanol–water partition coefficient (Wildman–Crippen LogP) is 4.01. The summed E-state index contributed by atoms with van der Waals surface area (Å²) < 4.78 is 18.6. The minimum atomic E-state index is -0.679. The summed E-state index contributed by atoms with van der Waals surface area (Å²) in [5.74, 6) is -1.32. The fourth-order valence-electron chi connectivity index (χ4n) is 3.73. The first-order valence-corrected chi connectivity index (χ1v) is 11.2. The van der Waals surface area contributed by atoms with Gasteiger partial charge in [0, 0.05) is 30.8 Å². The Balaban J connectivity index is 1.53. The summed E-state index contributed by atoms with van der Waals surface area (Å²) in [5.41, 5.74) is 2.64. The van der Waals surface area contributed by atoms with E-state index in [1.165, 1.54) is 32.5 Å². The molecule has 0 spiro atoms. The third-order valence-corrected chi connectivity index (χ3v) is 5.74. The Kier molecular flexibility index (Phi) is 7.14. The van der Waals surface area contributed by atoms with E-state index in [9.17, 15) is 18.8 Å². The van der Waals surface area contributed by atoms with E-state index in [4.69, 9.17) is 4.74 Å². The molecule has 8 nitrogen and oxygen atoms in total. The van der Waals surface area contributed by atoms with Crippen LogP contribution in [0.3, 0.4) is 0 Å². The number of methoxy groups -OCH3 is 1. The van der Waals surface area contributed by atoms with Crippen molar-refractivity contribution in [1.29, 1.82) is 0 Å². The highest BCUT2D eigenvalue weighted by Crippen LogP contribution is 2.34. The van der Waals surface area contributed by atoms with Crippen molar-refractivity contribution < 1.29 is 23.5 Å². The van der Waals surface area contributed by atoms with Gasteiger partial charge in [-0.1, -0.05) is 12.1 Å². The number of rotatable bonds is 8. The normalized spacial score (nSPS) is 12.7. The number of hydrogen-bond acceptors (Lipinski definition) is 6. The number of anilines is 2. The van der Waals surface area contributed by atoms with Gasteiger partial charge in [0.1, 0.15) is 0 Å². The third-order valence-electron chi connectivity index (χ3n) is 5.74. The number of amides is 2. The predicted molar refractivity (Wildman–Crippen MR) is 128 cm³/mol. The molecule has 1 fully saturated rings. The minimum absolute atomic E-state index is 0.140. The molecule has 0 saturated heterocycles. The highest BCUT2D eigenvalue weighted by Gasteiger charge is 2.29. The van der Waals surface area contributed by atoms with E-state index >= 15 is 0 Å². The van der Waals surface area contributed by atoms with Crippen LogP contribution in [0.1, 0.15) is 35.7 Å². The molecule has 0 atom stereocenters. The number of pyridine rings is 2. The van der Waals surface area contributed by atoms with Crippen LogP contribution in [0.15, 0.2) is 54.9 Å². The van der Waals surface area contributed by atoms with Crippen molar-refractivity contribution >= 4 is 29.2 Å². The van der Waals surface area contributed by atoms with Gasteiger partial charge in [-0.3, -0.25) is 14.6 Å². The second-order valence-electron chi connectivity index (χ2n) is 8.41. The maximum atomic E-state index is 13.7. The van der Waals surface area contributed by atoms with E-state index in [1.54, 1.807) is 41.3 Å². The molecule has 2 heterocycles. The molecule has 2 amide bonds. The standard InChI is InChI=1S/C26H25FN4O4/c1-16(32)31(15-17-5-6-17)23-10-7-18(12-21(23)26(34)35-2)22-9-8-20(14-29-22)30-24(33)13-19-4-3-11-28-25(19)27/h3-4,7-12,14,17H,5-6,13,15H2,1-2H3,(H,30,33). The zero-order valence-electron chi connectivity index (χ0n) is 19.5. The first-order valence-electron chi connectivity index (χ1n) is 11.2. The van der Waals surface area contributed by atoms with Crippen molar-refractivity contribution in [3.8, 4) is 11.3 Å². The van der Waals surface area contributed by atoms with Gasteiger partial charge in [-0.05, 0) is 49.1 Å².